The molecular formula is C24H20ClFN4OS. The summed E-state index contributed by atoms with van der Waals surface area (Å²) in [6.07, 6.45) is 4.44. The van der Waals surface area contributed by atoms with Gasteiger partial charge in [-0.1, -0.05) is 17.7 Å². The van der Waals surface area contributed by atoms with Gasteiger partial charge in [0.2, 0.25) is 5.91 Å². The van der Waals surface area contributed by atoms with Crippen LogP contribution < -0.4 is 14.9 Å². The minimum Gasteiger partial charge on any atom is -0.383 e. The van der Waals surface area contributed by atoms with Gasteiger partial charge in [-0.15, -0.1) is 0 Å². The third-order valence-corrected chi connectivity index (χ3v) is 6.67. The summed E-state index contributed by atoms with van der Waals surface area (Å²) in [6.45, 7) is 1.08. The molecule has 32 heavy (non-hydrogen) atoms. The van der Waals surface area contributed by atoms with Gasteiger partial charge in [0.1, 0.15) is 17.1 Å². The lowest BCUT2D eigenvalue weighted by Crippen LogP contribution is -2.30. The van der Waals surface area contributed by atoms with Gasteiger partial charge in [-0.3, -0.25) is 4.79 Å². The van der Waals surface area contributed by atoms with Crippen LogP contribution in [0.3, 0.4) is 0 Å². The monoisotopic (exact) mass is 466 g/mol. The summed E-state index contributed by atoms with van der Waals surface area (Å²) in [4.78, 5) is 20.2. The molecule has 5 rings (SSSR count). The average molecular weight is 467 g/mol. The zero-order valence-electron chi connectivity index (χ0n) is 17.0. The number of aromatic nitrogens is 1. The molecule has 3 aromatic rings. The molecule has 2 N–H and O–H groups in total. The van der Waals surface area contributed by atoms with Crippen LogP contribution in [0.15, 0.2) is 83.5 Å². The Hall–Kier alpha value is -3.03. The SMILES string of the molecule is O=C1N(c2ccc(SNc3ccccn3)cc2)CCC12C=C2NCc1cc(F)cc(Cl)c1. The third-order valence-electron chi connectivity index (χ3n) is 5.64. The fraction of sp³-hybridized carbons (Fsp3) is 0.167. The number of amides is 1. The van der Waals surface area contributed by atoms with Crippen LogP contribution in [-0.2, 0) is 11.3 Å². The van der Waals surface area contributed by atoms with E-state index in [0.717, 1.165) is 34.1 Å². The van der Waals surface area contributed by atoms with Crippen LogP contribution in [0.2, 0.25) is 5.02 Å². The Kier molecular flexibility index (Phi) is 5.53. The number of hydrogen-bond acceptors (Lipinski definition) is 5. The van der Waals surface area contributed by atoms with Crippen LogP contribution in [0.1, 0.15) is 12.0 Å². The van der Waals surface area contributed by atoms with E-state index in [0.29, 0.717) is 18.1 Å². The molecule has 0 saturated carbocycles. The quantitative estimate of drug-likeness (QED) is 0.456. The minimum absolute atomic E-state index is 0.0734. The van der Waals surface area contributed by atoms with E-state index in [2.05, 4.69) is 15.0 Å². The normalized spacial score (nSPS) is 19.2. The smallest absolute Gasteiger partial charge is 0.243 e. The summed E-state index contributed by atoms with van der Waals surface area (Å²) in [6, 6.07) is 18.0. The first-order valence-corrected chi connectivity index (χ1v) is 11.4. The van der Waals surface area contributed by atoms with Gasteiger partial charge < -0.3 is 14.9 Å². The van der Waals surface area contributed by atoms with Gasteiger partial charge in [0, 0.05) is 40.6 Å². The van der Waals surface area contributed by atoms with Crippen molar-refractivity contribution in [1.29, 1.82) is 0 Å². The lowest BCUT2D eigenvalue weighted by molar-refractivity contribution is -0.120. The van der Waals surface area contributed by atoms with E-state index in [9.17, 15) is 9.18 Å². The summed E-state index contributed by atoms with van der Waals surface area (Å²) >= 11 is 7.39. The molecule has 2 aliphatic rings. The number of nitrogens with zero attached hydrogens (tertiary/aromatic N) is 2. The molecule has 1 atom stereocenters. The maximum Gasteiger partial charge on any atom is 0.243 e. The van der Waals surface area contributed by atoms with Crippen molar-refractivity contribution in [2.45, 2.75) is 17.9 Å². The number of nitrogens with one attached hydrogen (secondary N) is 2. The number of benzene rings is 2. The van der Waals surface area contributed by atoms with Crippen LogP contribution >= 0.6 is 23.5 Å². The summed E-state index contributed by atoms with van der Waals surface area (Å²) < 4.78 is 16.7. The van der Waals surface area contributed by atoms with E-state index in [-0.39, 0.29) is 11.7 Å². The molecule has 2 aromatic carbocycles. The highest BCUT2D eigenvalue weighted by atomic mass is 35.5. The average Bonchev–Trinajstić information content (AvgIpc) is 3.41. The Bertz CT molecular complexity index is 1170. The fourth-order valence-corrected chi connectivity index (χ4v) is 4.79. The van der Waals surface area contributed by atoms with E-state index in [1.807, 2.05) is 53.4 Å². The highest BCUT2D eigenvalue weighted by Crippen LogP contribution is 2.51. The number of carbonyl (C=O) groups excluding carboxylic acids is 1. The third kappa shape index (κ3) is 4.18. The first-order chi connectivity index (χ1) is 15.5. The first kappa shape index (κ1) is 20.8. The standard InChI is InChI=1S/C24H20ClFN4OS/c25-17-11-16(12-18(26)13-17)15-28-21-14-24(21)8-10-30(23(24)31)19-4-6-20(7-5-19)32-29-22-3-1-2-9-27-22/h1-7,9,11-14,28H,8,10,15H2,(H,27,29). The van der Waals surface area contributed by atoms with Crippen molar-refractivity contribution in [3.8, 4) is 0 Å². The highest BCUT2D eigenvalue weighted by molar-refractivity contribution is 8.00. The lowest BCUT2D eigenvalue weighted by Gasteiger charge is -2.18. The van der Waals surface area contributed by atoms with Gasteiger partial charge in [-0.05, 0) is 84.6 Å². The second-order valence-corrected chi connectivity index (χ2v) is 9.10. The molecule has 162 valence electrons. The number of anilines is 2. The Balaban J connectivity index is 1.18. The van der Waals surface area contributed by atoms with Crippen molar-refractivity contribution < 1.29 is 9.18 Å². The van der Waals surface area contributed by atoms with Crippen LogP contribution in [0, 0.1) is 11.2 Å². The maximum absolute atomic E-state index is 13.5. The topological polar surface area (TPSA) is 57.3 Å². The van der Waals surface area contributed by atoms with Crippen molar-refractivity contribution in [2.75, 3.05) is 16.2 Å². The molecule has 8 heteroatoms. The molecular weight excluding hydrogens is 447 g/mol. The molecule has 1 aromatic heterocycles. The van der Waals surface area contributed by atoms with Gasteiger partial charge >= 0.3 is 0 Å². The van der Waals surface area contributed by atoms with Gasteiger partial charge in [0.25, 0.3) is 0 Å². The van der Waals surface area contributed by atoms with Crippen LogP contribution in [0.5, 0.6) is 0 Å². The molecule has 1 unspecified atom stereocenters. The second-order valence-electron chi connectivity index (χ2n) is 7.78. The Morgan fingerprint density at radius 1 is 1.16 bits per heavy atom. The first-order valence-electron chi connectivity index (χ1n) is 10.2. The van der Waals surface area contributed by atoms with Crippen molar-refractivity contribution >= 4 is 41.0 Å². The number of hydrogen-bond donors (Lipinski definition) is 2. The van der Waals surface area contributed by atoms with Gasteiger partial charge in [0.05, 0.1) is 0 Å². The molecule has 1 aliphatic carbocycles. The number of pyridine rings is 1. The van der Waals surface area contributed by atoms with Crippen molar-refractivity contribution in [1.82, 2.24) is 10.3 Å². The van der Waals surface area contributed by atoms with E-state index in [1.54, 1.807) is 12.3 Å². The summed E-state index contributed by atoms with van der Waals surface area (Å²) in [5.74, 6) is 0.497. The fourth-order valence-electron chi connectivity index (χ4n) is 3.93. The Morgan fingerprint density at radius 2 is 2.00 bits per heavy atom. The Labute approximate surface area is 194 Å². The van der Waals surface area contributed by atoms with Gasteiger partial charge in [-0.2, -0.15) is 0 Å². The van der Waals surface area contributed by atoms with Gasteiger partial charge in [0.15, 0.2) is 0 Å². The Morgan fingerprint density at radius 3 is 2.75 bits per heavy atom. The molecule has 1 amide bonds. The van der Waals surface area contributed by atoms with Gasteiger partial charge in [-0.25, -0.2) is 9.37 Å². The number of carbonyl (C=O) groups is 1. The molecule has 1 spiro atoms. The molecule has 1 saturated heterocycles. The number of halogens is 2. The summed E-state index contributed by atoms with van der Waals surface area (Å²) in [5, 5.41) is 3.64. The van der Waals surface area contributed by atoms with Crippen molar-refractivity contribution in [3.05, 3.63) is 95.0 Å². The molecule has 0 bridgehead atoms. The van der Waals surface area contributed by atoms with Crippen molar-refractivity contribution in [2.24, 2.45) is 5.41 Å². The van der Waals surface area contributed by atoms with Crippen LogP contribution in [0.4, 0.5) is 15.9 Å². The van der Waals surface area contributed by atoms with E-state index in [4.69, 9.17) is 11.6 Å². The molecule has 1 aliphatic heterocycles. The summed E-state index contributed by atoms with van der Waals surface area (Å²) in [7, 11) is 0. The van der Waals surface area contributed by atoms with E-state index >= 15 is 0 Å². The van der Waals surface area contributed by atoms with Crippen molar-refractivity contribution in [3.63, 3.8) is 0 Å². The van der Waals surface area contributed by atoms with Crippen LogP contribution in [0.25, 0.3) is 0 Å². The predicted molar refractivity (Wildman–Crippen MR) is 126 cm³/mol. The van der Waals surface area contributed by atoms with E-state index in [1.165, 1.54) is 24.1 Å². The molecule has 1 fully saturated rings. The predicted octanol–water partition coefficient (Wildman–Crippen LogP) is 5.40. The van der Waals surface area contributed by atoms with E-state index < -0.39 is 5.41 Å². The number of rotatable bonds is 7. The minimum atomic E-state index is -0.551. The zero-order chi connectivity index (χ0) is 22.1. The zero-order valence-corrected chi connectivity index (χ0v) is 18.6. The summed E-state index contributed by atoms with van der Waals surface area (Å²) in [5.41, 5.74) is 1.97. The molecule has 0 radical (unpaired) electrons. The van der Waals surface area contributed by atoms with Crippen LogP contribution in [-0.4, -0.2) is 17.4 Å². The highest BCUT2D eigenvalue weighted by Gasteiger charge is 2.57. The second kappa shape index (κ2) is 8.48. The lowest BCUT2D eigenvalue weighted by atomic mass is 10.0. The maximum atomic E-state index is 13.5. The largest absolute Gasteiger partial charge is 0.383 e. The molecule has 2 heterocycles. The molecule has 5 nitrogen and oxygen atoms in total.